The number of thiophene rings is 1. The van der Waals surface area contributed by atoms with Crippen LogP contribution in [0.5, 0.6) is 0 Å². The lowest BCUT2D eigenvalue weighted by Gasteiger charge is -2.00. The molecule has 1 nitrogen and oxygen atoms in total. The molecule has 0 saturated heterocycles. The molecule has 0 bridgehead atoms. The summed E-state index contributed by atoms with van der Waals surface area (Å²) in [5, 5.41) is 3.47. The first-order valence-corrected chi connectivity index (χ1v) is 6.80. The van der Waals surface area contributed by atoms with Crippen molar-refractivity contribution in [2.24, 2.45) is 11.8 Å². The van der Waals surface area contributed by atoms with Gasteiger partial charge in [0.25, 0.3) is 0 Å². The maximum Gasteiger partial charge on any atom is 0.107 e. The van der Waals surface area contributed by atoms with Gasteiger partial charge in [0.2, 0.25) is 0 Å². The zero-order valence-electron chi connectivity index (χ0n) is 8.02. The predicted octanol–water partition coefficient (Wildman–Crippen LogP) is 3.91. The SMILES string of the molecule is CC1CC1CNCc1cc(Br)c(Cl)s1. The Labute approximate surface area is 102 Å². The summed E-state index contributed by atoms with van der Waals surface area (Å²) in [6.07, 6.45) is 1.39. The van der Waals surface area contributed by atoms with Gasteiger partial charge >= 0.3 is 0 Å². The van der Waals surface area contributed by atoms with Gasteiger partial charge in [-0.25, -0.2) is 0 Å². The summed E-state index contributed by atoms with van der Waals surface area (Å²) >= 11 is 11.0. The second kappa shape index (κ2) is 4.52. The molecule has 1 aliphatic rings. The van der Waals surface area contributed by atoms with Gasteiger partial charge < -0.3 is 5.32 Å². The van der Waals surface area contributed by atoms with Gasteiger partial charge in [-0.3, -0.25) is 0 Å². The van der Waals surface area contributed by atoms with Crippen molar-refractivity contribution >= 4 is 38.9 Å². The van der Waals surface area contributed by atoms with E-state index < -0.39 is 0 Å². The summed E-state index contributed by atoms with van der Waals surface area (Å²) in [6, 6.07) is 2.09. The second-order valence-corrected chi connectivity index (χ2v) is 6.53. The summed E-state index contributed by atoms with van der Waals surface area (Å²) in [7, 11) is 0. The minimum atomic E-state index is 0.849. The lowest BCUT2D eigenvalue weighted by molar-refractivity contribution is 0.616. The van der Waals surface area contributed by atoms with Gasteiger partial charge in [-0.05, 0) is 46.8 Å². The fraction of sp³-hybridized carbons (Fsp3) is 0.600. The number of hydrogen-bond donors (Lipinski definition) is 1. The van der Waals surface area contributed by atoms with Crippen molar-refractivity contribution in [1.29, 1.82) is 0 Å². The highest BCUT2D eigenvalue weighted by Crippen LogP contribution is 2.37. The molecular weight excluding hydrogens is 282 g/mol. The minimum Gasteiger partial charge on any atom is -0.312 e. The molecule has 2 unspecified atom stereocenters. The largest absolute Gasteiger partial charge is 0.312 e. The molecule has 2 atom stereocenters. The molecule has 78 valence electrons. The smallest absolute Gasteiger partial charge is 0.107 e. The lowest BCUT2D eigenvalue weighted by Crippen LogP contribution is -2.15. The molecule has 1 aromatic rings. The van der Waals surface area contributed by atoms with Gasteiger partial charge in [0.15, 0.2) is 0 Å². The van der Waals surface area contributed by atoms with Crippen LogP contribution in [-0.4, -0.2) is 6.54 Å². The Balaban J connectivity index is 1.74. The van der Waals surface area contributed by atoms with E-state index >= 15 is 0 Å². The molecule has 4 heteroatoms. The van der Waals surface area contributed by atoms with Crippen LogP contribution in [-0.2, 0) is 6.54 Å². The molecule has 1 saturated carbocycles. The van der Waals surface area contributed by atoms with Crippen LogP contribution in [0, 0.1) is 11.8 Å². The van der Waals surface area contributed by atoms with Gasteiger partial charge in [-0.15, -0.1) is 11.3 Å². The van der Waals surface area contributed by atoms with Crippen LogP contribution in [0.25, 0.3) is 0 Å². The minimum absolute atomic E-state index is 0.849. The average Bonchev–Trinajstić information content (AvgIpc) is 2.71. The van der Waals surface area contributed by atoms with E-state index in [0.717, 1.165) is 33.7 Å². The highest BCUT2D eigenvalue weighted by Gasteiger charge is 2.31. The zero-order chi connectivity index (χ0) is 10.1. The third kappa shape index (κ3) is 2.72. The maximum absolute atomic E-state index is 5.95. The summed E-state index contributed by atoms with van der Waals surface area (Å²) < 4.78 is 1.86. The summed E-state index contributed by atoms with van der Waals surface area (Å²) in [5.74, 6) is 1.84. The Hall–Kier alpha value is 0.430. The predicted molar refractivity (Wildman–Crippen MR) is 66.0 cm³/mol. The average molecular weight is 295 g/mol. The highest BCUT2D eigenvalue weighted by molar-refractivity contribution is 9.10. The van der Waals surface area contributed by atoms with E-state index in [9.17, 15) is 0 Å². The molecule has 14 heavy (non-hydrogen) atoms. The summed E-state index contributed by atoms with van der Waals surface area (Å²) in [5.41, 5.74) is 0. The van der Waals surface area contributed by atoms with Crippen molar-refractivity contribution in [3.8, 4) is 0 Å². The van der Waals surface area contributed by atoms with E-state index in [1.807, 2.05) is 0 Å². The van der Waals surface area contributed by atoms with Crippen molar-refractivity contribution in [1.82, 2.24) is 5.32 Å². The Morgan fingerprint density at radius 1 is 1.71 bits per heavy atom. The highest BCUT2D eigenvalue weighted by atomic mass is 79.9. The molecule has 0 spiro atoms. The molecule has 1 aromatic heterocycles. The van der Waals surface area contributed by atoms with Gasteiger partial charge in [0.05, 0.1) is 0 Å². The van der Waals surface area contributed by atoms with Gasteiger partial charge in [0.1, 0.15) is 4.34 Å². The van der Waals surface area contributed by atoms with Crippen LogP contribution in [0.1, 0.15) is 18.2 Å². The molecule has 1 N–H and O–H groups in total. The molecule has 2 rings (SSSR count). The van der Waals surface area contributed by atoms with E-state index in [1.165, 1.54) is 11.3 Å². The molecule has 0 aromatic carbocycles. The van der Waals surface area contributed by atoms with Crippen molar-refractivity contribution < 1.29 is 0 Å². The zero-order valence-corrected chi connectivity index (χ0v) is 11.2. The first-order chi connectivity index (χ1) is 6.66. The second-order valence-electron chi connectivity index (χ2n) is 3.94. The van der Waals surface area contributed by atoms with Crippen LogP contribution >= 0.6 is 38.9 Å². The third-order valence-electron chi connectivity index (χ3n) is 2.68. The van der Waals surface area contributed by atoms with Crippen LogP contribution in [0.3, 0.4) is 0 Å². The Kier molecular flexibility index (Phi) is 3.53. The topological polar surface area (TPSA) is 12.0 Å². The van der Waals surface area contributed by atoms with Crippen LogP contribution in [0.2, 0.25) is 4.34 Å². The molecule has 0 aliphatic heterocycles. The van der Waals surface area contributed by atoms with E-state index in [2.05, 4.69) is 34.2 Å². The summed E-state index contributed by atoms with van der Waals surface area (Å²) in [4.78, 5) is 1.30. The molecule has 0 amide bonds. The van der Waals surface area contributed by atoms with Gasteiger partial charge in [-0.2, -0.15) is 0 Å². The standard InChI is InChI=1S/C10H13BrClNS/c1-6-2-7(6)4-13-5-8-3-9(11)10(12)14-8/h3,6-7,13H,2,4-5H2,1H3. The molecule has 1 fully saturated rings. The van der Waals surface area contributed by atoms with Crippen molar-refractivity contribution in [2.45, 2.75) is 19.9 Å². The van der Waals surface area contributed by atoms with Gasteiger partial charge in [-0.1, -0.05) is 18.5 Å². The van der Waals surface area contributed by atoms with E-state index in [0.29, 0.717) is 0 Å². The van der Waals surface area contributed by atoms with Crippen molar-refractivity contribution in [3.05, 3.63) is 19.8 Å². The quantitative estimate of drug-likeness (QED) is 0.888. The fourth-order valence-corrected chi connectivity index (χ4v) is 3.30. The Morgan fingerprint density at radius 2 is 2.43 bits per heavy atom. The number of nitrogens with one attached hydrogen (secondary N) is 1. The fourth-order valence-electron chi connectivity index (χ4n) is 1.54. The molecule has 1 aliphatic carbocycles. The van der Waals surface area contributed by atoms with Gasteiger partial charge in [0, 0.05) is 15.9 Å². The maximum atomic E-state index is 5.95. The molecular formula is C10H13BrClNS. The van der Waals surface area contributed by atoms with Crippen LogP contribution < -0.4 is 5.32 Å². The monoisotopic (exact) mass is 293 g/mol. The van der Waals surface area contributed by atoms with E-state index in [4.69, 9.17) is 11.6 Å². The van der Waals surface area contributed by atoms with Crippen molar-refractivity contribution in [2.75, 3.05) is 6.54 Å². The Morgan fingerprint density at radius 3 is 2.93 bits per heavy atom. The number of rotatable bonds is 4. The van der Waals surface area contributed by atoms with Crippen LogP contribution in [0.15, 0.2) is 10.5 Å². The first kappa shape index (κ1) is 10.9. The molecule has 0 radical (unpaired) electrons. The van der Waals surface area contributed by atoms with E-state index in [1.54, 1.807) is 11.3 Å². The Bertz CT molecular complexity index is 306. The van der Waals surface area contributed by atoms with Crippen molar-refractivity contribution in [3.63, 3.8) is 0 Å². The van der Waals surface area contributed by atoms with E-state index in [-0.39, 0.29) is 0 Å². The van der Waals surface area contributed by atoms with Crippen LogP contribution in [0.4, 0.5) is 0 Å². The third-order valence-corrected chi connectivity index (χ3v) is 5.15. The first-order valence-electron chi connectivity index (χ1n) is 4.81. The number of halogens is 2. The lowest BCUT2D eigenvalue weighted by atomic mass is 10.3. The molecule has 1 heterocycles. The number of hydrogen-bond acceptors (Lipinski definition) is 2. The summed E-state index contributed by atoms with van der Waals surface area (Å²) in [6.45, 7) is 4.40. The normalized spacial score (nSPS) is 25.4.